The molecule has 0 rings (SSSR count). The second kappa shape index (κ2) is 14.8. The van der Waals surface area contributed by atoms with E-state index in [0.29, 0.717) is 0 Å². The third-order valence-electron chi connectivity index (χ3n) is 3.82. The lowest BCUT2D eigenvalue weighted by molar-refractivity contribution is -0.137. The van der Waals surface area contributed by atoms with Gasteiger partial charge in [-0.25, -0.2) is 0 Å². The van der Waals surface area contributed by atoms with Crippen molar-refractivity contribution in [3.8, 4) is 0 Å². The molecule has 0 spiro atoms. The van der Waals surface area contributed by atoms with Crippen molar-refractivity contribution in [2.24, 2.45) is 0 Å². The van der Waals surface area contributed by atoms with Crippen molar-refractivity contribution in [2.75, 3.05) is 0 Å². The van der Waals surface area contributed by atoms with Gasteiger partial charge < -0.3 is 10.2 Å². The lowest BCUT2D eigenvalue weighted by Crippen LogP contribution is -2.06. The molecule has 0 aromatic rings. The van der Waals surface area contributed by atoms with Crippen LogP contribution in [-0.2, 0) is 4.79 Å². The number of aliphatic carboxylic acids is 1. The zero-order valence-electron chi connectivity index (χ0n) is 13.3. The van der Waals surface area contributed by atoms with Crippen molar-refractivity contribution in [2.45, 2.75) is 103 Å². The van der Waals surface area contributed by atoms with Crippen molar-refractivity contribution in [3.05, 3.63) is 0 Å². The molecule has 0 aliphatic heterocycles. The van der Waals surface area contributed by atoms with Gasteiger partial charge in [0.25, 0.3) is 0 Å². The first-order valence-corrected chi connectivity index (χ1v) is 8.56. The summed E-state index contributed by atoms with van der Waals surface area (Å²) in [6.07, 6.45) is 14.8. The van der Waals surface area contributed by atoms with Crippen LogP contribution in [0.2, 0.25) is 0 Å². The predicted octanol–water partition coefficient (Wildman–Crippen LogP) is 4.91. The normalized spacial score (nSPS) is 12.5. The average Bonchev–Trinajstić information content (AvgIpc) is 2.41. The molecule has 0 bridgehead atoms. The van der Waals surface area contributed by atoms with Gasteiger partial charge in [0.05, 0.1) is 6.10 Å². The van der Waals surface area contributed by atoms with E-state index >= 15 is 0 Å². The zero-order valence-corrected chi connectivity index (χ0v) is 13.3. The molecule has 0 saturated carbocycles. The van der Waals surface area contributed by atoms with E-state index in [1.807, 2.05) is 0 Å². The van der Waals surface area contributed by atoms with E-state index in [1.54, 1.807) is 0 Å². The SMILES string of the molecule is CCCCCCCCCCC(O)CCCCCC(=O)O. The van der Waals surface area contributed by atoms with Crippen LogP contribution in [0.4, 0.5) is 0 Å². The zero-order chi connectivity index (χ0) is 15.1. The maximum absolute atomic E-state index is 10.3. The molecule has 3 nitrogen and oxygen atoms in total. The molecule has 0 amide bonds. The summed E-state index contributed by atoms with van der Waals surface area (Å²) in [5, 5.41) is 18.3. The Bertz CT molecular complexity index is 216. The van der Waals surface area contributed by atoms with Crippen molar-refractivity contribution >= 4 is 5.97 Å². The molecule has 1 atom stereocenters. The minimum atomic E-state index is -0.718. The fourth-order valence-electron chi connectivity index (χ4n) is 2.49. The first-order valence-electron chi connectivity index (χ1n) is 8.56. The fourth-order valence-corrected chi connectivity index (χ4v) is 2.49. The summed E-state index contributed by atoms with van der Waals surface area (Å²) in [5.74, 6) is -0.718. The molecular weight excluding hydrogens is 252 g/mol. The minimum Gasteiger partial charge on any atom is -0.481 e. The van der Waals surface area contributed by atoms with Gasteiger partial charge in [-0.3, -0.25) is 4.79 Å². The molecule has 0 heterocycles. The molecule has 0 aromatic carbocycles. The summed E-state index contributed by atoms with van der Waals surface area (Å²) in [6.45, 7) is 2.24. The molecule has 120 valence electrons. The quantitative estimate of drug-likeness (QED) is 0.420. The highest BCUT2D eigenvalue weighted by molar-refractivity contribution is 5.66. The Morgan fingerprint density at radius 3 is 1.75 bits per heavy atom. The Morgan fingerprint density at radius 2 is 1.25 bits per heavy atom. The first kappa shape index (κ1) is 19.4. The van der Waals surface area contributed by atoms with E-state index in [9.17, 15) is 9.90 Å². The highest BCUT2D eigenvalue weighted by atomic mass is 16.4. The molecule has 3 heteroatoms. The highest BCUT2D eigenvalue weighted by Gasteiger charge is 2.04. The van der Waals surface area contributed by atoms with Crippen molar-refractivity contribution < 1.29 is 15.0 Å². The second-order valence-corrected chi connectivity index (χ2v) is 5.91. The average molecular weight is 286 g/mol. The lowest BCUT2D eigenvalue weighted by atomic mass is 10.0. The number of carboxylic acids is 1. The van der Waals surface area contributed by atoms with Crippen LogP contribution in [0.3, 0.4) is 0 Å². The monoisotopic (exact) mass is 286 g/mol. The smallest absolute Gasteiger partial charge is 0.303 e. The number of aliphatic hydroxyl groups excluding tert-OH is 1. The standard InChI is InChI=1S/C17H34O3/c1-2-3-4-5-6-7-8-10-13-16(18)14-11-9-12-15-17(19)20/h16,18H,2-15H2,1H3,(H,19,20). The van der Waals surface area contributed by atoms with E-state index in [0.717, 1.165) is 38.5 Å². The fraction of sp³-hybridized carbons (Fsp3) is 0.941. The van der Waals surface area contributed by atoms with E-state index < -0.39 is 5.97 Å². The number of unbranched alkanes of at least 4 members (excludes halogenated alkanes) is 9. The Hall–Kier alpha value is -0.570. The van der Waals surface area contributed by atoms with Crippen molar-refractivity contribution in [1.29, 1.82) is 0 Å². The molecule has 0 aromatic heterocycles. The molecule has 20 heavy (non-hydrogen) atoms. The Balaban J connectivity index is 3.16. The Kier molecular flexibility index (Phi) is 14.4. The van der Waals surface area contributed by atoms with Crippen LogP contribution in [0.15, 0.2) is 0 Å². The van der Waals surface area contributed by atoms with Crippen LogP contribution in [0, 0.1) is 0 Å². The summed E-state index contributed by atoms with van der Waals surface area (Å²) in [5.41, 5.74) is 0. The summed E-state index contributed by atoms with van der Waals surface area (Å²) in [6, 6.07) is 0. The van der Waals surface area contributed by atoms with E-state index in [2.05, 4.69) is 6.92 Å². The van der Waals surface area contributed by atoms with E-state index in [4.69, 9.17) is 5.11 Å². The largest absolute Gasteiger partial charge is 0.481 e. The molecule has 0 aliphatic carbocycles. The molecule has 1 unspecified atom stereocenters. The van der Waals surface area contributed by atoms with Gasteiger partial charge in [-0.1, -0.05) is 71.1 Å². The Morgan fingerprint density at radius 1 is 0.800 bits per heavy atom. The van der Waals surface area contributed by atoms with Crippen LogP contribution in [0.25, 0.3) is 0 Å². The number of rotatable bonds is 15. The van der Waals surface area contributed by atoms with Gasteiger partial charge in [0.1, 0.15) is 0 Å². The van der Waals surface area contributed by atoms with Gasteiger partial charge >= 0.3 is 5.97 Å². The third kappa shape index (κ3) is 15.5. The van der Waals surface area contributed by atoms with Crippen LogP contribution in [0.5, 0.6) is 0 Å². The minimum absolute atomic E-state index is 0.181. The summed E-state index contributed by atoms with van der Waals surface area (Å²) >= 11 is 0. The van der Waals surface area contributed by atoms with Gasteiger partial charge in [-0.05, 0) is 19.3 Å². The number of hydrogen-bond acceptors (Lipinski definition) is 2. The van der Waals surface area contributed by atoms with Crippen molar-refractivity contribution in [1.82, 2.24) is 0 Å². The maximum atomic E-state index is 10.3. The third-order valence-corrected chi connectivity index (χ3v) is 3.82. The molecule has 2 N–H and O–H groups in total. The topological polar surface area (TPSA) is 57.5 Å². The van der Waals surface area contributed by atoms with E-state index in [1.165, 1.54) is 44.9 Å². The highest BCUT2D eigenvalue weighted by Crippen LogP contribution is 2.13. The molecule has 0 aliphatic rings. The summed E-state index contributed by atoms with van der Waals surface area (Å²) in [7, 11) is 0. The summed E-state index contributed by atoms with van der Waals surface area (Å²) < 4.78 is 0. The van der Waals surface area contributed by atoms with Gasteiger partial charge in [0, 0.05) is 6.42 Å². The number of aliphatic hydroxyl groups is 1. The van der Waals surface area contributed by atoms with Crippen LogP contribution in [-0.4, -0.2) is 22.3 Å². The van der Waals surface area contributed by atoms with Gasteiger partial charge in [0.15, 0.2) is 0 Å². The molecule has 0 fully saturated rings. The molecule has 0 radical (unpaired) electrons. The predicted molar refractivity (Wildman–Crippen MR) is 84.0 cm³/mol. The van der Waals surface area contributed by atoms with Crippen LogP contribution in [0.1, 0.15) is 96.8 Å². The Labute approximate surface area is 124 Å². The second-order valence-electron chi connectivity index (χ2n) is 5.91. The molecular formula is C17H34O3. The van der Waals surface area contributed by atoms with Crippen molar-refractivity contribution in [3.63, 3.8) is 0 Å². The first-order chi connectivity index (χ1) is 9.66. The van der Waals surface area contributed by atoms with Gasteiger partial charge in [-0.15, -0.1) is 0 Å². The number of hydrogen-bond donors (Lipinski definition) is 2. The van der Waals surface area contributed by atoms with Gasteiger partial charge in [0.2, 0.25) is 0 Å². The summed E-state index contributed by atoms with van der Waals surface area (Å²) in [4.78, 5) is 10.3. The van der Waals surface area contributed by atoms with Crippen LogP contribution < -0.4 is 0 Å². The van der Waals surface area contributed by atoms with Crippen LogP contribution >= 0.6 is 0 Å². The number of carboxylic acid groups (broad SMARTS) is 1. The van der Waals surface area contributed by atoms with E-state index in [-0.39, 0.29) is 12.5 Å². The van der Waals surface area contributed by atoms with Gasteiger partial charge in [-0.2, -0.15) is 0 Å². The maximum Gasteiger partial charge on any atom is 0.303 e. The molecule has 0 saturated heterocycles. The number of carbonyl (C=O) groups is 1. The lowest BCUT2D eigenvalue weighted by Gasteiger charge is -2.10.